The first-order valence-electron chi connectivity index (χ1n) is 7.94. The van der Waals surface area contributed by atoms with E-state index in [1.54, 1.807) is 0 Å². The van der Waals surface area contributed by atoms with E-state index < -0.39 is 0 Å². The first-order valence-corrected chi connectivity index (χ1v) is 7.94. The lowest BCUT2D eigenvalue weighted by Crippen LogP contribution is -2.56. The van der Waals surface area contributed by atoms with Gasteiger partial charge in [-0.25, -0.2) is 0 Å². The third kappa shape index (κ3) is 3.32. The van der Waals surface area contributed by atoms with Crippen molar-refractivity contribution in [1.82, 2.24) is 9.80 Å². The molecule has 5 nitrogen and oxygen atoms in total. The molecule has 5 heteroatoms. The third-order valence-corrected chi connectivity index (χ3v) is 5.15. The molecule has 3 N–H and O–H groups in total. The Morgan fingerprint density at radius 2 is 1.85 bits per heavy atom. The Morgan fingerprint density at radius 1 is 1.25 bits per heavy atom. The quantitative estimate of drug-likeness (QED) is 0.777. The Morgan fingerprint density at radius 3 is 2.35 bits per heavy atom. The first kappa shape index (κ1) is 15.7. The molecule has 1 saturated carbocycles. The summed E-state index contributed by atoms with van der Waals surface area (Å²) >= 11 is 0. The van der Waals surface area contributed by atoms with Gasteiger partial charge in [0, 0.05) is 39.3 Å². The summed E-state index contributed by atoms with van der Waals surface area (Å²) in [6.45, 7) is 6.92. The monoisotopic (exact) mass is 283 g/mol. The summed E-state index contributed by atoms with van der Waals surface area (Å²) < 4.78 is 0. The van der Waals surface area contributed by atoms with Crippen molar-refractivity contribution in [3.63, 3.8) is 0 Å². The highest BCUT2D eigenvalue weighted by Crippen LogP contribution is 2.39. The summed E-state index contributed by atoms with van der Waals surface area (Å²) in [6, 6.07) is 0. The molecule has 20 heavy (non-hydrogen) atoms. The summed E-state index contributed by atoms with van der Waals surface area (Å²) in [6.07, 6.45) is 4.13. The van der Waals surface area contributed by atoms with Crippen LogP contribution in [0.15, 0.2) is 0 Å². The number of aliphatic hydroxyl groups is 1. The zero-order valence-corrected chi connectivity index (χ0v) is 12.7. The van der Waals surface area contributed by atoms with Gasteiger partial charge in [-0.05, 0) is 31.6 Å². The summed E-state index contributed by atoms with van der Waals surface area (Å²) in [5.74, 6) is 0.999. The smallest absolute Gasteiger partial charge is 0.230 e. The summed E-state index contributed by atoms with van der Waals surface area (Å²) in [4.78, 5) is 17.1. The molecule has 0 atom stereocenters. The van der Waals surface area contributed by atoms with Gasteiger partial charge < -0.3 is 15.7 Å². The van der Waals surface area contributed by atoms with Crippen LogP contribution in [0.25, 0.3) is 0 Å². The van der Waals surface area contributed by atoms with Gasteiger partial charge in [-0.1, -0.05) is 6.92 Å². The van der Waals surface area contributed by atoms with Gasteiger partial charge in [0.25, 0.3) is 0 Å². The number of nitrogens with two attached hydrogens (primary N) is 1. The zero-order chi connectivity index (χ0) is 14.6. The van der Waals surface area contributed by atoms with Crippen LogP contribution in [0, 0.1) is 11.3 Å². The van der Waals surface area contributed by atoms with Crippen LogP contribution in [0.3, 0.4) is 0 Å². The Bertz CT molecular complexity index is 319. The standard InChI is InChI=1S/C15H29N3O2/c1-13-2-4-15(12-16,5-3-13)14(20)18-8-6-17(7-9-18)10-11-19/h13,19H,2-12,16H2,1H3. The number of rotatable bonds is 4. The van der Waals surface area contributed by atoms with Gasteiger partial charge in [0.1, 0.15) is 0 Å². The largest absolute Gasteiger partial charge is 0.395 e. The lowest BCUT2D eigenvalue weighted by Gasteiger charge is -2.43. The highest BCUT2D eigenvalue weighted by atomic mass is 16.3. The van der Waals surface area contributed by atoms with E-state index in [1.165, 1.54) is 0 Å². The number of hydrogen-bond donors (Lipinski definition) is 2. The molecule has 0 spiro atoms. The minimum Gasteiger partial charge on any atom is -0.395 e. The van der Waals surface area contributed by atoms with E-state index in [4.69, 9.17) is 10.8 Å². The second kappa shape index (κ2) is 6.87. The van der Waals surface area contributed by atoms with Crippen molar-refractivity contribution in [2.45, 2.75) is 32.6 Å². The van der Waals surface area contributed by atoms with Gasteiger partial charge in [-0.15, -0.1) is 0 Å². The predicted octanol–water partition coefficient (Wildman–Crippen LogP) is 0.278. The van der Waals surface area contributed by atoms with E-state index in [0.717, 1.165) is 57.8 Å². The number of carbonyl (C=O) groups is 1. The van der Waals surface area contributed by atoms with Crippen LogP contribution in [0.1, 0.15) is 32.6 Å². The number of hydrogen-bond acceptors (Lipinski definition) is 4. The minimum absolute atomic E-state index is 0.193. The van der Waals surface area contributed by atoms with Gasteiger partial charge >= 0.3 is 0 Å². The van der Waals surface area contributed by atoms with Crippen molar-refractivity contribution >= 4 is 5.91 Å². The van der Waals surface area contributed by atoms with Crippen LogP contribution in [-0.2, 0) is 4.79 Å². The fraction of sp³-hybridized carbons (Fsp3) is 0.933. The maximum absolute atomic E-state index is 12.9. The van der Waals surface area contributed by atoms with E-state index in [0.29, 0.717) is 13.1 Å². The van der Waals surface area contributed by atoms with Crippen LogP contribution in [0.2, 0.25) is 0 Å². The fourth-order valence-corrected chi connectivity index (χ4v) is 3.47. The molecule has 0 aromatic carbocycles. The molecule has 0 aromatic heterocycles. The number of nitrogens with zero attached hydrogens (tertiary/aromatic N) is 2. The maximum Gasteiger partial charge on any atom is 0.230 e. The number of aliphatic hydroxyl groups excluding tert-OH is 1. The van der Waals surface area contributed by atoms with E-state index in [9.17, 15) is 4.79 Å². The Hall–Kier alpha value is -0.650. The highest BCUT2D eigenvalue weighted by Gasteiger charge is 2.42. The number of piperazine rings is 1. The number of carbonyl (C=O) groups excluding carboxylic acids is 1. The molecule has 0 unspecified atom stereocenters. The number of amides is 1. The molecule has 1 aliphatic carbocycles. The molecule has 0 aromatic rings. The van der Waals surface area contributed by atoms with Gasteiger partial charge in [-0.3, -0.25) is 9.69 Å². The van der Waals surface area contributed by atoms with Gasteiger partial charge in [0.15, 0.2) is 0 Å². The third-order valence-electron chi connectivity index (χ3n) is 5.15. The van der Waals surface area contributed by atoms with E-state index in [2.05, 4.69) is 11.8 Å². The van der Waals surface area contributed by atoms with E-state index in [1.807, 2.05) is 4.90 Å². The summed E-state index contributed by atoms with van der Waals surface area (Å²) in [5, 5.41) is 8.96. The van der Waals surface area contributed by atoms with Gasteiger partial charge in [-0.2, -0.15) is 0 Å². The van der Waals surface area contributed by atoms with Crippen LogP contribution < -0.4 is 5.73 Å². The highest BCUT2D eigenvalue weighted by molar-refractivity contribution is 5.83. The van der Waals surface area contributed by atoms with Crippen molar-refractivity contribution in [1.29, 1.82) is 0 Å². The van der Waals surface area contributed by atoms with Gasteiger partial charge in [0.05, 0.1) is 12.0 Å². The van der Waals surface area contributed by atoms with E-state index in [-0.39, 0.29) is 17.9 Å². The molecular formula is C15H29N3O2. The molecule has 2 aliphatic rings. The lowest BCUT2D eigenvalue weighted by atomic mass is 9.70. The Labute approximate surface area is 122 Å². The van der Waals surface area contributed by atoms with Crippen LogP contribution in [0.4, 0.5) is 0 Å². The van der Waals surface area contributed by atoms with Crippen LogP contribution in [-0.4, -0.2) is 66.7 Å². The average molecular weight is 283 g/mol. The Balaban J connectivity index is 1.93. The molecule has 2 rings (SSSR count). The molecule has 0 radical (unpaired) electrons. The van der Waals surface area contributed by atoms with Crippen molar-refractivity contribution in [2.24, 2.45) is 17.1 Å². The van der Waals surface area contributed by atoms with Crippen molar-refractivity contribution in [2.75, 3.05) is 45.9 Å². The summed E-state index contributed by atoms with van der Waals surface area (Å²) in [7, 11) is 0. The van der Waals surface area contributed by atoms with Crippen molar-refractivity contribution in [3.8, 4) is 0 Å². The van der Waals surface area contributed by atoms with Gasteiger partial charge in [0.2, 0.25) is 5.91 Å². The molecule has 1 heterocycles. The predicted molar refractivity (Wildman–Crippen MR) is 79.2 cm³/mol. The topological polar surface area (TPSA) is 69.8 Å². The van der Waals surface area contributed by atoms with Crippen LogP contribution >= 0.6 is 0 Å². The molecule has 116 valence electrons. The van der Waals surface area contributed by atoms with Crippen molar-refractivity contribution < 1.29 is 9.90 Å². The molecule has 0 bridgehead atoms. The maximum atomic E-state index is 12.9. The number of β-amino-alcohol motifs (C(OH)–C–C–N with tert-alkyl or cyclic N) is 1. The first-order chi connectivity index (χ1) is 9.61. The molecule has 1 saturated heterocycles. The molecule has 2 fully saturated rings. The zero-order valence-electron chi connectivity index (χ0n) is 12.7. The molecule has 1 amide bonds. The lowest BCUT2D eigenvalue weighted by molar-refractivity contribution is -0.146. The SMILES string of the molecule is CC1CCC(CN)(C(=O)N2CCN(CCO)CC2)CC1. The van der Waals surface area contributed by atoms with Crippen LogP contribution in [0.5, 0.6) is 0 Å². The minimum atomic E-state index is -0.300. The molecular weight excluding hydrogens is 254 g/mol. The average Bonchev–Trinajstić information content (AvgIpc) is 2.49. The fourth-order valence-electron chi connectivity index (χ4n) is 3.47. The van der Waals surface area contributed by atoms with E-state index >= 15 is 0 Å². The normalized spacial score (nSPS) is 32.4. The molecule has 1 aliphatic heterocycles. The Kier molecular flexibility index (Phi) is 5.41. The second-order valence-electron chi connectivity index (χ2n) is 6.52. The second-order valence-corrected chi connectivity index (χ2v) is 6.52. The van der Waals surface area contributed by atoms with Crippen molar-refractivity contribution in [3.05, 3.63) is 0 Å². The summed E-state index contributed by atoms with van der Waals surface area (Å²) in [5.41, 5.74) is 5.68.